The molecule has 9 nitrogen and oxygen atoms in total. The number of ether oxygens (including phenoxy) is 1. The number of hydrogen-bond donors (Lipinski definition) is 1. The highest BCUT2D eigenvalue weighted by molar-refractivity contribution is 7.99. The van der Waals surface area contributed by atoms with Crippen molar-refractivity contribution >= 4 is 51.5 Å². The van der Waals surface area contributed by atoms with Crippen LogP contribution in [0.1, 0.15) is 0 Å². The Morgan fingerprint density at radius 2 is 1.97 bits per heavy atom. The van der Waals surface area contributed by atoms with Crippen molar-refractivity contribution in [3.05, 3.63) is 92.2 Å². The molecule has 0 atom stereocenters. The fourth-order valence-corrected chi connectivity index (χ4v) is 4.26. The van der Waals surface area contributed by atoms with E-state index in [1.165, 1.54) is 29.9 Å². The first-order chi connectivity index (χ1) is 16.4. The molecule has 3 aromatic carbocycles. The summed E-state index contributed by atoms with van der Waals surface area (Å²) in [4.78, 5) is 41.2. The third-order valence-corrected chi connectivity index (χ3v) is 5.99. The first-order valence-corrected chi connectivity index (χ1v) is 11.3. The zero-order valence-electron chi connectivity index (χ0n) is 17.7. The maximum atomic E-state index is 13.3. The quantitative estimate of drug-likeness (QED) is 0.171. The number of anilines is 1. The van der Waals surface area contributed by atoms with Crippen LogP contribution in [0, 0.1) is 10.1 Å². The van der Waals surface area contributed by atoms with E-state index in [1.54, 1.807) is 48.5 Å². The zero-order valence-corrected chi connectivity index (χ0v) is 19.3. The third-order valence-electron chi connectivity index (χ3n) is 4.82. The number of benzene rings is 3. The molecule has 0 aliphatic heterocycles. The van der Waals surface area contributed by atoms with Crippen molar-refractivity contribution in [2.75, 3.05) is 18.2 Å². The number of nitro groups is 1. The van der Waals surface area contributed by atoms with Gasteiger partial charge in [0.2, 0.25) is 5.91 Å². The molecule has 1 aromatic heterocycles. The molecule has 34 heavy (non-hydrogen) atoms. The molecule has 1 heterocycles. The number of hydrogen-bond acceptors (Lipinski definition) is 7. The van der Waals surface area contributed by atoms with E-state index in [2.05, 4.69) is 10.3 Å². The van der Waals surface area contributed by atoms with Gasteiger partial charge >= 0.3 is 0 Å². The van der Waals surface area contributed by atoms with E-state index in [9.17, 15) is 19.7 Å². The lowest BCUT2D eigenvalue weighted by molar-refractivity contribution is -0.384. The van der Waals surface area contributed by atoms with E-state index in [1.807, 2.05) is 0 Å². The average molecular weight is 497 g/mol. The summed E-state index contributed by atoms with van der Waals surface area (Å²) < 4.78 is 6.40. The molecule has 0 aliphatic rings. The van der Waals surface area contributed by atoms with Gasteiger partial charge in [-0.25, -0.2) is 4.98 Å². The van der Waals surface area contributed by atoms with Crippen LogP contribution in [0.15, 0.2) is 76.7 Å². The van der Waals surface area contributed by atoms with E-state index < -0.39 is 10.8 Å². The number of carbonyl (C=O) groups is 1. The summed E-state index contributed by atoms with van der Waals surface area (Å²) in [6.45, 7) is 0. The average Bonchev–Trinajstić information content (AvgIpc) is 2.83. The van der Waals surface area contributed by atoms with Crippen molar-refractivity contribution in [3.63, 3.8) is 0 Å². The number of para-hydroxylation sites is 1. The summed E-state index contributed by atoms with van der Waals surface area (Å²) in [7, 11) is 1.39. The minimum atomic E-state index is -0.604. The minimum Gasteiger partial charge on any atom is -0.496 e. The first-order valence-electron chi connectivity index (χ1n) is 9.90. The highest BCUT2D eigenvalue weighted by Gasteiger charge is 2.19. The summed E-state index contributed by atoms with van der Waals surface area (Å²) in [6, 6.07) is 17.8. The molecule has 11 heteroatoms. The molecule has 0 saturated carbocycles. The third kappa shape index (κ3) is 4.87. The van der Waals surface area contributed by atoms with Gasteiger partial charge in [-0.2, -0.15) is 0 Å². The fourth-order valence-electron chi connectivity index (χ4n) is 3.26. The van der Waals surface area contributed by atoms with Gasteiger partial charge in [0.25, 0.3) is 11.2 Å². The van der Waals surface area contributed by atoms with Crippen LogP contribution in [-0.4, -0.2) is 33.2 Å². The van der Waals surface area contributed by atoms with Gasteiger partial charge in [0.1, 0.15) is 11.4 Å². The number of nitro benzene ring substituents is 1. The van der Waals surface area contributed by atoms with E-state index >= 15 is 0 Å². The number of amides is 1. The Morgan fingerprint density at radius 3 is 2.71 bits per heavy atom. The first kappa shape index (κ1) is 23.3. The number of rotatable bonds is 7. The molecule has 0 spiro atoms. The number of fused-ring (bicyclic) bond motifs is 1. The second-order valence-electron chi connectivity index (χ2n) is 7.01. The Morgan fingerprint density at radius 1 is 1.18 bits per heavy atom. The highest BCUT2D eigenvalue weighted by Crippen LogP contribution is 2.29. The SMILES string of the molecule is COc1ccc(NC(=O)CSc2nc3ccccc3c(=O)n2-c2cccc(Cl)c2)c([N+](=O)[O-])c1. The number of nitrogens with one attached hydrogen (secondary N) is 1. The standard InChI is InChI=1S/C23H17ClN4O5S/c1-33-16-9-10-19(20(12-16)28(31)32)25-21(29)13-34-23-26-18-8-3-2-7-17(18)22(30)27(23)15-6-4-5-14(24)11-15/h2-12H,13H2,1H3,(H,25,29). The van der Waals surface area contributed by atoms with Gasteiger partial charge in [-0.3, -0.25) is 24.3 Å². The van der Waals surface area contributed by atoms with Gasteiger partial charge in [0.05, 0.1) is 40.4 Å². The Labute approximate surface area is 202 Å². The van der Waals surface area contributed by atoms with Gasteiger partial charge in [0, 0.05) is 5.02 Å². The van der Waals surface area contributed by atoms with Crippen LogP contribution < -0.4 is 15.6 Å². The molecule has 0 radical (unpaired) electrons. The Kier molecular flexibility index (Phi) is 6.80. The van der Waals surface area contributed by atoms with Crippen LogP contribution in [0.25, 0.3) is 16.6 Å². The molecule has 4 aromatic rings. The van der Waals surface area contributed by atoms with Crippen molar-refractivity contribution in [2.45, 2.75) is 5.16 Å². The molecule has 172 valence electrons. The van der Waals surface area contributed by atoms with Crippen molar-refractivity contribution in [1.29, 1.82) is 0 Å². The molecule has 0 bridgehead atoms. The maximum Gasteiger partial charge on any atom is 0.296 e. The number of halogens is 1. The van der Waals surface area contributed by atoms with E-state index in [0.717, 1.165) is 11.8 Å². The van der Waals surface area contributed by atoms with Crippen molar-refractivity contribution < 1.29 is 14.5 Å². The van der Waals surface area contributed by atoms with Crippen molar-refractivity contribution in [3.8, 4) is 11.4 Å². The number of thioether (sulfide) groups is 1. The lowest BCUT2D eigenvalue weighted by atomic mass is 10.2. The monoisotopic (exact) mass is 496 g/mol. The fraction of sp³-hybridized carbons (Fsp3) is 0.0870. The van der Waals surface area contributed by atoms with E-state index in [-0.39, 0.29) is 27.8 Å². The number of aromatic nitrogens is 2. The van der Waals surface area contributed by atoms with Crippen LogP contribution >= 0.6 is 23.4 Å². The molecule has 0 saturated heterocycles. The van der Waals surface area contributed by atoms with Gasteiger partial charge in [-0.15, -0.1) is 0 Å². The summed E-state index contributed by atoms with van der Waals surface area (Å²) in [6.07, 6.45) is 0. The number of nitrogens with zero attached hydrogens (tertiary/aromatic N) is 3. The van der Waals surface area contributed by atoms with Gasteiger partial charge in [-0.05, 0) is 42.5 Å². The summed E-state index contributed by atoms with van der Waals surface area (Å²) in [5.41, 5.74) is 0.429. The Hall–Kier alpha value is -3.89. The molecule has 0 fully saturated rings. The topological polar surface area (TPSA) is 116 Å². The predicted molar refractivity (Wildman–Crippen MR) is 131 cm³/mol. The molecule has 0 aliphatic carbocycles. The highest BCUT2D eigenvalue weighted by atomic mass is 35.5. The molecule has 1 amide bonds. The van der Waals surface area contributed by atoms with E-state index in [0.29, 0.717) is 27.4 Å². The Bertz CT molecular complexity index is 1470. The van der Waals surface area contributed by atoms with Crippen LogP contribution in [0.3, 0.4) is 0 Å². The van der Waals surface area contributed by atoms with Gasteiger partial charge in [-0.1, -0.05) is 41.6 Å². The molecular weight excluding hydrogens is 480 g/mol. The van der Waals surface area contributed by atoms with Gasteiger partial charge < -0.3 is 10.1 Å². The maximum absolute atomic E-state index is 13.3. The van der Waals surface area contributed by atoms with Crippen LogP contribution in [0.2, 0.25) is 5.02 Å². The number of carbonyl (C=O) groups excluding carboxylic acids is 1. The van der Waals surface area contributed by atoms with Crippen LogP contribution in [0.4, 0.5) is 11.4 Å². The molecule has 4 rings (SSSR count). The smallest absolute Gasteiger partial charge is 0.296 e. The second kappa shape index (κ2) is 9.94. The largest absolute Gasteiger partial charge is 0.496 e. The van der Waals surface area contributed by atoms with Crippen molar-refractivity contribution in [1.82, 2.24) is 9.55 Å². The zero-order chi connectivity index (χ0) is 24.2. The normalized spacial score (nSPS) is 10.8. The predicted octanol–water partition coefficient (Wildman–Crippen LogP) is 4.69. The van der Waals surface area contributed by atoms with Gasteiger partial charge in [0.15, 0.2) is 5.16 Å². The summed E-state index contributed by atoms with van der Waals surface area (Å²) in [5, 5.41) is 15.1. The van der Waals surface area contributed by atoms with Crippen LogP contribution in [0.5, 0.6) is 5.75 Å². The molecular formula is C23H17ClN4O5S. The van der Waals surface area contributed by atoms with Crippen LogP contribution in [-0.2, 0) is 4.79 Å². The van der Waals surface area contributed by atoms with E-state index in [4.69, 9.17) is 16.3 Å². The molecule has 1 N–H and O–H groups in total. The molecule has 0 unspecified atom stereocenters. The number of methoxy groups -OCH3 is 1. The van der Waals surface area contributed by atoms with Crippen molar-refractivity contribution in [2.24, 2.45) is 0 Å². The Balaban J connectivity index is 1.65. The second-order valence-corrected chi connectivity index (χ2v) is 8.39. The lowest BCUT2D eigenvalue weighted by Gasteiger charge is -2.13. The lowest BCUT2D eigenvalue weighted by Crippen LogP contribution is -2.23. The minimum absolute atomic E-state index is 0.0371. The summed E-state index contributed by atoms with van der Waals surface area (Å²) in [5.74, 6) is -0.350. The summed E-state index contributed by atoms with van der Waals surface area (Å²) >= 11 is 7.15.